The Balaban J connectivity index is 3.71. The maximum atomic E-state index is 10.4. The molecule has 0 rings (SSSR count). The summed E-state index contributed by atoms with van der Waals surface area (Å²) in [6, 6.07) is 0. The van der Waals surface area contributed by atoms with Crippen LogP contribution in [0.1, 0.15) is 6.92 Å². The monoisotopic (exact) mass is 164 g/mol. The van der Waals surface area contributed by atoms with Crippen LogP contribution in [0.25, 0.3) is 0 Å². The fourth-order valence-corrected chi connectivity index (χ4v) is 1.41. The molecule has 3 nitrogen and oxygen atoms in total. The molecule has 0 aliphatic rings. The third-order valence-electron chi connectivity index (χ3n) is 0.881. The standard InChI is InChI=1S/C4H12O3Si2/c1-4(5)6-9(2,3)7-8/h1-3,8H3. The molecule has 54 valence electrons. The van der Waals surface area contributed by atoms with E-state index in [1.807, 2.05) is 13.1 Å². The summed E-state index contributed by atoms with van der Waals surface area (Å²) in [4.78, 5) is 10.4. The molecule has 0 N–H and O–H groups in total. The van der Waals surface area contributed by atoms with E-state index in [0.717, 1.165) is 0 Å². The first kappa shape index (κ1) is 8.86. The minimum absolute atomic E-state index is 0.248. The van der Waals surface area contributed by atoms with Crippen molar-refractivity contribution in [1.82, 2.24) is 0 Å². The Labute approximate surface area is 59.1 Å². The maximum absolute atomic E-state index is 10.4. The second kappa shape index (κ2) is 3.14. The molecule has 5 heteroatoms. The average Bonchev–Trinajstić information content (AvgIpc) is 1.63. The Kier molecular flexibility index (Phi) is 3.09. The second-order valence-corrected chi connectivity index (χ2v) is 6.83. The van der Waals surface area contributed by atoms with Gasteiger partial charge in [-0.3, -0.25) is 4.79 Å². The molecular weight excluding hydrogens is 152 g/mol. The van der Waals surface area contributed by atoms with Gasteiger partial charge in [0.1, 0.15) is 10.5 Å². The zero-order valence-electron chi connectivity index (χ0n) is 6.22. The Morgan fingerprint density at radius 1 is 1.56 bits per heavy atom. The molecule has 0 heterocycles. The van der Waals surface area contributed by atoms with Gasteiger partial charge in [0.05, 0.1) is 0 Å². The van der Waals surface area contributed by atoms with Crippen LogP contribution in [0.15, 0.2) is 0 Å². The van der Waals surface area contributed by atoms with E-state index < -0.39 is 8.56 Å². The Morgan fingerprint density at radius 2 is 2.00 bits per heavy atom. The van der Waals surface area contributed by atoms with Gasteiger partial charge in [0.15, 0.2) is 0 Å². The van der Waals surface area contributed by atoms with E-state index in [2.05, 4.69) is 0 Å². The lowest BCUT2D eigenvalue weighted by atomic mass is 10.9. The Morgan fingerprint density at radius 3 is 2.11 bits per heavy atom. The van der Waals surface area contributed by atoms with Gasteiger partial charge in [0.2, 0.25) is 0 Å². The van der Waals surface area contributed by atoms with Gasteiger partial charge in [-0.15, -0.1) is 0 Å². The largest absolute Gasteiger partial charge is 0.495 e. The van der Waals surface area contributed by atoms with E-state index in [-0.39, 0.29) is 5.97 Å². The molecular formula is C4H12O3Si2. The first-order chi connectivity index (χ1) is 3.98. The lowest BCUT2D eigenvalue weighted by Crippen LogP contribution is -2.35. The minimum atomic E-state index is -2.03. The number of carbonyl (C=O) groups excluding carboxylic acids is 1. The van der Waals surface area contributed by atoms with Crippen LogP contribution in [-0.4, -0.2) is 25.0 Å². The summed E-state index contributed by atoms with van der Waals surface area (Å²) in [6.07, 6.45) is 0. The van der Waals surface area contributed by atoms with Crippen LogP contribution < -0.4 is 0 Å². The van der Waals surface area contributed by atoms with Gasteiger partial charge in [0.25, 0.3) is 5.97 Å². The van der Waals surface area contributed by atoms with Crippen molar-refractivity contribution >= 4 is 25.0 Å². The van der Waals surface area contributed by atoms with E-state index in [9.17, 15) is 4.79 Å². The van der Waals surface area contributed by atoms with Crippen molar-refractivity contribution in [2.45, 2.75) is 20.0 Å². The normalized spacial score (nSPS) is 11.4. The SMILES string of the molecule is CC(=O)O[Si](C)(C)O[SiH3]. The minimum Gasteiger partial charge on any atom is -0.495 e. The van der Waals surface area contributed by atoms with E-state index in [1.54, 1.807) is 0 Å². The molecule has 0 aromatic rings. The van der Waals surface area contributed by atoms with E-state index in [4.69, 9.17) is 8.54 Å². The molecule has 0 saturated carbocycles. The number of carbonyl (C=O) groups is 1. The molecule has 0 aromatic heterocycles. The summed E-state index contributed by atoms with van der Waals surface area (Å²) >= 11 is 0. The average molecular weight is 164 g/mol. The molecule has 0 spiro atoms. The number of hydrogen-bond acceptors (Lipinski definition) is 3. The van der Waals surface area contributed by atoms with Crippen molar-refractivity contribution in [2.24, 2.45) is 0 Å². The highest BCUT2D eigenvalue weighted by Crippen LogP contribution is 2.02. The molecule has 0 fully saturated rings. The number of rotatable bonds is 2. The predicted octanol–water partition coefficient (Wildman–Crippen LogP) is -0.452. The zero-order valence-corrected chi connectivity index (χ0v) is 9.22. The maximum Gasteiger partial charge on any atom is 0.384 e. The summed E-state index contributed by atoms with van der Waals surface area (Å²) in [6.45, 7) is 5.10. The fraction of sp³-hybridized carbons (Fsp3) is 0.750. The quantitative estimate of drug-likeness (QED) is 0.519. The van der Waals surface area contributed by atoms with E-state index >= 15 is 0 Å². The van der Waals surface area contributed by atoms with Crippen LogP contribution >= 0.6 is 0 Å². The highest BCUT2D eigenvalue weighted by Gasteiger charge is 2.24. The van der Waals surface area contributed by atoms with Gasteiger partial charge in [-0.25, -0.2) is 0 Å². The number of hydrogen-bond donors (Lipinski definition) is 0. The molecule has 9 heavy (non-hydrogen) atoms. The highest BCUT2D eigenvalue weighted by molar-refractivity contribution is 6.68. The lowest BCUT2D eigenvalue weighted by molar-refractivity contribution is -0.133. The topological polar surface area (TPSA) is 35.5 Å². The smallest absolute Gasteiger partial charge is 0.384 e. The van der Waals surface area contributed by atoms with Crippen LogP contribution in [-0.2, 0) is 13.3 Å². The molecule has 0 aliphatic heterocycles. The van der Waals surface area contributed by atoms with Crippen molar-refractivity contribution in [3.8, 4) is 0 Å². The summed E-state index contributed by atoms with van der Waals surface area (Å²) in [5.74, 6) is -0.248. The third kappa shape index (κ3) is 4.37. The highest BCUT2D eigenvalue weighted by atomic mass is 28.4. The molecule has 0 bridgehead atoms. The van der Waals surface area contributed by atoms with Crippen LogP contribution in [0.5, 0.6) is 0 Å². The van der Waals surface area contributed by atoms with E-state index in [1.165, 1.54) is 6.92 Å². The molecule has 0 radical (unpaired) electrons. The van der Waals surface area contributed by atoms with Gasteiger partial charge >= 0.3 is 8.56 Å². The summed E-state index contributed by atoms with van der Waals surface area (Å²) in [5.41, 5.74) is 0. The predicted molar refractivity (Wildman–Crippen MR) is 40.3 cm³/mol. The van der Waals surface area contributed by atoms with Crippen molar-refractivity contribution in [3.05, 3.63) is 0 Å². The van der Waals surface area contributed by atoms with Gasteiger partial charge < -0.3 is 8.54 Å². The van der Waals surface area contributed by atoms with Crippen LogP contribution in [0.3, 0.4) is 0 Å². The molecule has 0 aliphatic carbocycles. The van der Waals surface area contributed by atoms with Gasteiger partial charge in [-0.05, 0) is 13.1 Å². The van der Waals surface area contributed by atoms with Gasteiger partial charge in [-0.2, -0.15) is 0 Å². The van der Waals surface area contributed by atoms with Crippen LogP contribution in [0.4, 0.5) is 0 Å². The second-order valence-electron chi connectivity index (χ2n) is 2.20. The first-order valence-corrected chi connectivity index (χ1v) is 6.36. The lowest BCUT2D eigenvalue weighted by Gasteiger charge is -2.18. The van der Waals surface area contributed by atoms with Crippen molar-refractivity contribution in [1.29, 1.82) is 0 Å². The van der Waals surface area contributed by atoms with Crippen molar-refractivity contribution < 1.29 is 13.3 Å². The fourth-order valence-electron chi connectivity index (χ4n) is 0.388. The zero-order chi connectivity index (χ0) is 7.49. The molecule has 0 atom stereocenters. The summed E-state index contributed by atoms with van der Waals surface area (Å²) in [7, 11) is -1.39. The summed E-state index contributed by atoms with van der Waals surface area (Å²) in [5, 5.41) is 0. The van der Waals surface area contributed by atoms with Crippen molar-refractivity contribution in [3.63, 3.8) is 0 Å². The first-order valence-electron chi connectivity index (χ1n) is 2.72. The molecule has 0 saturated heterocycles. The van der Waals surface area contributed by atoms with Gasteiger partial charge in [-0.1, -0.05) is 0 Å². The summed E-state index contributed by atoms with van der Waals surface area (Å²) < 4.78 is 9.98. The van der Waals surface area contributed by atoms with E-state index in [0.29, 0.717) is 10.5 Å². The van der Waals surface area contributed by atoms with Gasteiger partial charge in [0, 0.05) is 6.92 Å². The molecule has 0 unspecified atom stereocenters. The molecule has 0 amide bonds. The van der Waals surface area contributed by atoms with Crippen LogP contribution in [0, 0.1) is 0 Å². The molecule has 0 aromatic carbocycles. The van der Waals surface area contributed by atoms with Crippen LogP contribution in [0.2, 0.25) is 13.1 Å². The van der Waals surface area contributed by atoms with Crippen molar-refractivity contribution in [2.75, 3.05) is 0 Å². The third-order valence-corrected chi connectivity index (χ3v) is 5.59. The Bertz CT molecular complexity index is 112. The Hall–Kier alpha value is -0.136.